The fourth-order valence-corrected chi connectivity index (χ4v) is 1.29. The van der Waals surface area contributed by atoms with Crippen molar-refractivity contribution in [2.45, 2.75) is 13.1 Å². The Hall–Kier alpha value is -2.06. The average Bonchev–Trinajstić information content (AvgIpc) is 2.26. The molecule has 0 unspecified atom stereocenters. The van der Waals surface area contributed by atoms with Crippen molar-refractivity contribution in [1.29, 1.82) is 0 Å². The summed E-state index contributed by atoms with van der Waals surface area (Å²) in [6, 6.07) is 1.37. The van der Waals surface area contributed by atoms with E-state index in [9.17, 15) is 18.0 Å². The summed E-state index contributed by atoms with van der Waals surface area (Å²) in [7, 11) is 0. The number of anilines is 1. The number of alkyl halides is 3. The van der Waals surface area contributed by atoms with Crippen LogP contribution >= 0.6 is 0 Å². The van der Waals surface area contributed by atoms with Gasteiger partial charge in [-0.25, -0.2) is 4.98 Å². The zero-order chi connectivity index (χ0) is 14.5. The number of carbonyl (C=O) groups is 1. The molecule has 9 heteroatoms. The molecule has 0 saturated carbocycles. The highest BCUT2D eigenvalue weighted by atomic mass is 19.4. The predicted molar refractivity (Wildman–Crippen MR) is 59.1 cm³/mol. The molecule has 1 aromatic heterocycles. The van der Waals surface area contributed by atoms with E-state index in [0.717, 1.165) is 0 Å². The molecule has 0 spiro atoms. The monoisotopic (exact) mass is 279 g/mol. The highest BCUT2D eigenvalue weighted by Gasteiger charge is 2.33. The zero-order valence-electron chi connectivity index (χ0n) is 10.0. The quantitative estimate of drug-likeness (QED) is 0.846. The number of rotatable bonds is 6. The van der Waals surface area contributed by atoms with E-state index in [1.165, 1.54) is 12.3 Å². The lowest BCUT2D eigenvalue weighted by molar-refractivity contribution is -0.136. The Kier molecular flexibility index (Phi) is 4.90. The van der Waals surface area contributed by atoms with Crippen molar-refractivity contribution in [1.82, 2.24) is 9.97 Å². The lowest BCUT2D eigenvalue weighted by atomic mass is 10.4. The Morgan fingerprint density at radius 2 is 2.21 bits per heavy atom. The molecule has 1 rings (SSSR count). The number of nitrogens with zero attached hydrogens (tertiary/aromatic N) is 3. The lowest BCUT2D eigenvalue weighted by Crippen LogP contribution is -2.39. The molecule has 0 fully saturated rings. The number of aromatic nitrogens is 2. The van der Waals surface area contributed by atoms with Gasteiger partial charge in [-0.1, -0.05) is 0 Å². The van der Waals surface area contributed by atoms with Gasteiger partial charge in [0.05, 0.1) is 6.61 Å². The molecule has 0 aliphatic rings. The van der Waals surface area contributed by atoms with Crippen molar-refractivity contribution < 1.29 is 27.8 Å². The molecular weight excluding hydrogens is 267 g/mol. The van der Waals surface area contributed by atoms with Crippen LogP contribution in [0.25, 0.3) is 0 Å². The molecule has 1 heterocycles. The van der Waals surface area contributed by atoms with E-state index < -0.39 is 25.2 Å². The van der Waals surface area contributed by atoms with E-state index in [-0.39, 0.29) is 18.4 Å². The van der Waals surface area contributed by atoms with Gasteiger partial charge in [0, 0.05) is 12.3 Å². The molecule has 0 radical (unpaired) electrons. The minimum Gasteiger partial charge on any atom is -0.480 e. The highest BCUT2D eigenvalue weighted by molar-refractivity contribution is 5.72. The molecule has 106 valence electrons. The predicted octanol–water partition coefficient (Wildman–Crippen LogP) is 1.33. The first-order valence-corrected chi connectivity index (χ1v) is 5.31. The second kappa shape index (κ2) is 6.21. The summed E-state index contributed by atoms with van der Waals surface area (Å²) in [4.78, 5) is 18.5. The van der Waals surface area contributed by atoms with Gasteiger partial charge in [-0.3, -0.25) is 4.79 Å². The van der Waals surface area contributed by atoms with Gasteiger partial charge in [0.1, 0.15) is 13.1 Å². The molecule has 6 nitrogen and oxygen atoms in total. The number of hydrogen-bond donors (Lipinski definition) is 1. The molecule has 0 saturated heterocycles. The molecular formula is C10H12F3N3O3. The van der Waals surface area contributed by atoms with Crippen LogP contribution in [0.2, 0.25) is 0 Å². The van der Waals surface area contributed by atoms with Gasteiger partial charge in [0.25, 0.3) is 0 Å². The van der Waals surface area contributed by atoms with Gasteiger partial charge in [0.15, 0.2) is 0 Å². The summed E-state index contributed by atoms with van der Waals surface area (Å²) in [5, 5.41) is 8.62. The third-order valence-electron chi connectivity index (χ3n) is 1.89. The van der Waals surface area contributed by atoms with E-state index >= 15 is 0 Å². The Morgan fingerprint density at radius 1 is 1.53 bits per heavy atom. The highest BCUT2D eigenvalue weighted by Crippen LogP contribution is 2.20. The lowest BCUT2D eigenvalue weighted by Gasteiger charge is -2.22. The third kappa shape index (κ3) is 5.40. The van der Waals surface area contributed by atoms with E-state index in [1.807, 2.05) is 0 Å². The Labute approximate surface area is 106 Å². The maximum Gasteiger partial charge on any atom is 0.406 e. The smallest absolute Gasteiger partial charge is 0.406 e. The Morgan fingerprint density at radius 3 is 2.74 bits per heavy atom. The summed E-state index contributed by atoms with van der Waals surface area (Å²) in [6.45, 7) is -0.328. The first-order chi connectivity index (χ1) is 8.81. The molecule has 0 bridgehead atoms. The fourth-order valence-electron chi connectivity index (χ4n) is 1.29. The first kappa shape index (κ1) is 15.0. The molecule has 1 N–H and O–H groups in total. The summed E-state index contributed by atoms with van der Waals surface area (Å²) in [6.07, 6.45) is -3.35. The van der Waals surface area contributed by atoms with Crippen molar-refractivity contribution in [3.63, 3.8) is 0 Å². The van der Waals surface area contributed by atoms with Gasteiger partial charge in [-0.15, -0.1) is 0 Å². The summed E-state index contributed by atoms with van der Waals surface area (Å²) >= 11 is 0. The molecule has 1 aromatic rings. The van der Waals surface area contributed by atoms with Gasteiger partial charge in [-0.2, -0.15) is 18.2 Å². The molecule has 0 aliphatic heterocycles. The standard InChI is InChI=1S/C10H12F3N3O3/c1-2-19-7-3-4-14-9(15-7)16(5-8(17)18)6-10(11,12)13/h3-4H,2,5-6H2,1H3,(H,17,18). The van der Waals surface area contributed by atoms with Crippen LogP contribution in [0.3, 0.4) is 0 Å². The zero-order valence-corrected chi connectivity index (χ0v) is 10.0. The van der Waals surface area contributed by atoms with Gasteiger partial charge >= 0.3 is 12.1 Å². The van der Waals surface area contributed by atoms with Gasteiger partial charge < -0.3 is 14.7 Å². The molecule has 0 aromatic carbocycles. The number of aliphatic carboxylic acids is 1. The average molecular weight is 279 g/mol. The summed E-state index contributed by atoms with van der Waals surface area (Å²) in [5.41, 5.74) is 0. The maximum absolute atomic E-state index is 12.4. The van der Waals surface area contributed by atoms with Crippen LogP contribution in [0.5, 0.6) is 5.88 Å². The topological polar surface area (TPSA) is 75.5 Å². The van der Waals surface area contributed by atoms with E-state index in [1.54, 1.807) is 6.92 Å². The third-order valence-corrected chi connectivity index (χ3v) is 1.89. The van der Waals surface area contributed by atoms with E-state index in [0.29, 0.717) is 4.90 Å². The second-order valence-corrected chi connectivity index (χ2v) is 3.49. The summed E-state index contributed by atoms with van der Waals surface area (Å²) in [5.74, 6) is -1.66. The number of hydrogen-bond acceptors (Lipinski definition) is 5. The van der Waals surface area contributed by atoms with Crippen LogP contribution in [-0.4, -0.2) is 46.9 Å². The number of ether oxygens (including phenoxy) is 1. The number of carboxylic acid groups (broad SMARTS) is 1. The van der Waals surface area contributed by atoms with Crippen molar-refractivity contribution in [2.75, 3.05) is 24.6 Å². The van der Waals surface area contributed by atoms with Crippen LogP contribution in [0, 0.1) is 0 Å². The Balaban J connectivity index is 2.95. The van der Waals surface area contributed by atoms with Crippen LogP contribution < -0.4 is 9.64 Å². The van der Waals surface area contributed by atoms with Crippen molar-refractivity contribution >= 4 is 11.9 Å². The Bertz CT molecular complexity index is 440. The first-order valence-electron chi connectivity index (χ1n) is 5.31. The SMILES string of the molecule is CCOc1ccnc(N(CC(=O)O)CC(F)(F)F)n1. The minimum absolute atomic E-state index is 0.0880. The minimum atomic E-state index is -4.56. The van der Waals surface area contributed by atoms with Crippen LogP contribution in [0.1, 0.15) is 6.92 Å². The van der Waals surface area contributed by atoms with Crippen LogP contribution in [0.15, 0.2) is 12.3 Å². The van der Waals surface area contributed by atoms with Crippen molar-refractivity contribution in [2.24, 2.45) is 0 Å². The van der Waals surface area contributed by atoms with Crippen molar-refractivity contribution in [3.8, 4) is 5.88 Å². The van der Waals surface area contributed by atoms with Crippen LogP contribution in [0.4, 0.5) is 19.1 Å². The molecule has 0 atom stereocenters. The largest absolute Gasteiger partial charge is 0.480 e. The van der Waals surface area contributed by atoms with E-state index in [4.69, 9.17) is 9.84 Å². The normalized spacial score (nSPS) is 11.2. The van der Waals surface area contributed by atoms with Crippen LogP contribution in [-0.2, 0) is 4.79 Å². The van der Waals surface area contributed by atoms with Gasteiger partial charge in [-0.05, 0) is 6.92 Å². The fraction of sp³-hybridized carbons (Fsp3) is 0.500. The number of halogens is 3. The number of carboxylic acids is 1. The maximum atomic E-state index is 12.4. The van der Waals surface area contributed by atoms with E-state index in [2.05, 4.69) is 9.97 Å². The molecule has 19 heavy (non-hydrogen) atoms. The second-order valence-electron chi connectivity index (χ2n) is 3.49. The molecule has 0 amide bonds. The van der Waals surface area contributed by atoms with Gasteiger partial charge in [0.2, 0.25) is 11.8 Å². The molecule has 0 aliphatic carbocycles. The van der Waals surface area contributed by atoms with Crippen molar-refractivity contribution in [3.05, 3.63) is 12.3 Å². The summed E-state index contributed by atoms with van der Waals surface area (Å²) < 4.78 is 42.1.